The summed E-state index contributed by atoms with van der Waals surface area (Å²) in [6, 6.07) is 8.05. The molecule has 1 fully saturated rings. The third kappa shape index (κ3) is 2.20. The summed E-state index contributed by atoms with van der Waals surface area (Å²) in [6.45, 7) is 1.63. The predicted octanol–water partition coefficient (Wildman–Crippen LogP) is 2.21. The van der Waals surface area contributed by atoms with Gasteiger partial charge in [-0.2, -0.15) is 0 Å². The van der Waals surface area contributed by atoms with Gasteiger partial charge in [-0.05, 0) is 19.8 Å². The maximum Gasteiger partial charge on any atom is 0.234 e. The molecule has 4 nitrogen and oxygen atoms in total. The van der Waals surface area contributed by atoms with Gasteiger partial charge < -0.3 is 0 Å². The van der Waals surface area contributed by atoms with Crippen LogP contribution in [0.2, 0.25) is 0 Å². The number of nitrogens with zero attached hydrogens (tertiary/aromatic N) is 1. The summed E-state index contributed by atoms with van der Waals surface area (Å²) in [5.41, 5.74) is 0.526. The summed E-state index contributed by atoms with van der Waals surface area (Å²) in [5.74, 6) is -1.16. The monoisotopic (exact) mass is 283 g/mol. The van der Waals surface area contributed by atoms with E-state index < -0.39 is 6.04 Å². The highest BCUT2D eigenvalue weighted by molar-refractivity contribution is 6.11. The van der Waals surface area contributed by atoms with Gasteiger partial charge in [0.1, 0.15) is 0 Å². The van der Waals surface area contributed by atoms with E-state index >= 15 is 0 Å². The van der Waals surface area contributed by atoms with Crippen LogP contribution in [0.1, 0.15) is 30.1 Å². The zero-order valence-corrected chi connectivity index (χ0v) is 11.9. The molecule has 0 spiro atoms. The van der Waals surface area contributed by atoms with Gasteiger partial charge in [-0.25, -0.2) is 0 Å². The number of amides is 2. The predicted molar refractivity (Wildman–Crippen MR) is 77.4 cm³/mol. The van der Waals surface area contributed by atoms with Crippen molar-refractivity contribution in [1.82, 2.24) is 4.90 Å². The molecule has 0 bridgehead atoms. The zero-order valence-electron chi connectivity index (χ0n) is 11.9. The van der Waals surface area contributed by atoms with Crippen LogP contribution in [0.3, 0.4) is 0 Å². The summed E-state index contributed by atoms with van der Waals surface area (Å²) in [4.78, 5) is 38.5. The molecule has 3 unspecified atom stereocenters. The molecule has 0 saturated carbocycles. The van der Waals surface area contributed by atoms with Crippen LogP contribution in [0.25, 0.3) is 0 Å². The van der Waals surface area contributed by atoms with E-state index in [0.717, 1.165) is 0 Å². The molecule has 4 heteroatoms. The third-order valence-electron chi connectivity index (χ3n) is 4.37. The van der Waals surface area contributed by atoms with E-state index in [1.807, 2.05) is 18.2 Å². The summed E-state index contributed by atoms with van der Waals surface area (Å²) in [7, 11) is 0. The fourth-order valence-electron chi connectivity index (χ4n) is 3.17. The Morgan fingerprint density at radius 1 is 1.05 bits per heavy atom. The standard InChI is InChI=1S/C17H17NO3/c1-11(15(19)12-7-3-2-4-8-12)18-16(20)13-9-5-6-10-14(13)17(18)21/h2-8,11,13-14H,9-10H2,1H3. The van der Waals surface area contributed by atoms with Crippen molar-refractivity contribution in [1.29, 1.82) is 0 Å². The number of ketones is 1. The number of Topliss-reactive ketones (excluding diaryl/α,β-unsaturated/α-hetero) is 1. The molecule has 2 aliphatic rings. The molecule has 3 rings (SSSR count). The summed E-state index contributed by atoms with van der Waals surface area (Å²) >= 11 is 0. The second-order valence-corrected chi connectivity index (χ2v) is 5.61. The lowest BCUT2D eigenvalue weighted by Crippen LogP contribution is -2.43. The van der Waals surface area contributed by atoms with E-state index in [1.165, 1.54) is 4.90 Å². The molecular weight excluding hydrogens is 266 g/mol. The highest BCUT2D eigenvalue weighted by atomic mass is 16.2. The first-order valence-electron chi connectivity index (χ1n) is 7.22. The molecule has 108 valence electrons. The Labute approximate surface area is 123 Å². The van der Waals surface area contributed by atoms with Crippen molar-refractivity contribution in [2.24, 2.45) is 11.8 Å². The topological polar surface area (TPSA) is 54.5 Å². The largest absolute Gasteiger partial charge is 0.292 e. The number of carbonyl (C=O) groups excluding carboxylic acids is 3. The Kier molecular flexibility index (Phi) is 3.45. The van der Waals surface area contributed by atoms with Crippen molar-refractivity contribution in [2.45, 2.75) is 25.8 Å². The van der Waals surface area contributed by atoms with Gasteiger partial charge in [0.05, 0.1) is 17.9 Å². The highest BCUT2D eigenvalue weighted by Crippen LogP contribution is 2.36. The lowest BCUT2D eigenvalue weighted by Gasteiger charge is -2.22. The second-order valence-electron chi connectivity index (χ2n) is 5.61. The van der Waals surface area contributed by atoms with E-state index in [4.69, 9.17) is 0 Å². The fraction of sp³-hybridized carbons (Fsp3) is 0.353. The molecule has 0 aromatic heterocycles. The normalized spacial score (nSPS) is 25.9. The van der Waals surface area contributed by atoms with Crippen molar-refractivity contribution >= 4 is 17.6 Å². The van der Waals surface area contributed by atoms with E-state index in [2.05, 4.69) is 0 Å². The average Bonchev–Trinajstić information content (AvgIpc) is 2.79. The lowest BCUT2D eigenvalue weighted by atomic mass is 9.85. The number of fused-ring (bicyclic) bond motifs is 1. The molecule has 1 aromatic carbocycles. The molecule has 3 atom stereocenters. The van der Waals surface area contributed by atoms with Crippen molar-refractivity contribution in [2.75, 3.05) is 0 Å². The Hall–Kier alpha value is -2.23. The van der Waals surface area contributed by atoms with Crippen LogP contribution in [-0.2, 0) is 9.59 Å². The molecule has 1 aromatic rings. The first-order valence-corrected chi connectivity index (χ1v) is 7.22. The average molecular weight is 283 g/mol. The smallest absolute Gasteiger partial charge is 0.234 e. The van der Waals surface area contributed by atoms with Crippen LogP contribution in [0, 0.1) is 11.8 Å². The van der Waals surface area contributed by atoms with Gasteiger partial charge in [-0.15, -0.1) is 0 Å². The number of hydrogen-bond acceptors (Lipinski definition) is 3. The second kappa shape index (κ2) is 5.28. The molecule has 1 aliphatic heterocycles. The van der Waals surface area contributed by atoms with Gasteiger partial charge in [0.2, 0.25) is 11.8 Å². The van der Waals surface area contributed by atoms with Gasteiger partial charge >= 0.3 is 0 Å². The third-order valence-corrected chi connectivity index (χ3v) is 4.37. The summed E-state index contributed by atoms with van der Waals surface area (Å²) < 4.78 is 0. The van der Waals surface area contributed by atoms with Gasteiger partial charge in [-0.3, -0.25) is 19.3 Å². The molecule has 1 heterocycles. The minimum absolute atomic E-state index is 0.191. The first-order chi connectivity index (χ1) is 10.1. The summed E-state index contributed by atoms with van der Waals surface area (Å²) in [5, 5.41) is 0. The molecule has 2 amide bonds. The highest BCUT2D eigenvalue weighted by Gasteiger charge is 2.49. The van der Waals surface area contributed by atoms with Gasteiger partial charge in [0.25, 0.3) is 0 Å². The fourth-order valence-corrected chi connectivity index (χ4v) is 3.17. The lowest BCUT2D eigenvalue weighted by molar-refractivity contribution is -0.141. The van der Waals surface area contributed by atoms with Crippen molar-refractivity contribution in [3.63, 3.8) is 0 Å². The number of imide groups is 1. The van der Waals surface area contributed by atoms with Crippen molar-refractivity contribution < 1.29 is 14.4 Å². The molecule has 0 radical (unpaired) electrons. The molecule has 0 N–H and O–H groups in total. The SMILES string of the molecule is CC(C(=O)c1ccccc1)N1C(=O)C2CC=CCC2C1=O. The van der Waals surface area contributed by atoms with Crippen LogP contribution in [-0.4, -0.2) is 28.5 Å². The van der Waals surface area contributed by atoms with Crippen LogP contribution < -0.4 is 0 Å². The number of benzene rings is 1. The van der Waals surface area contributed by atoms with Crippen molar-refractivity contribution in [3.8, 4) is 0 Å². The molecule has 1 saturated heterocycles. The molecule has 1 aliphatic carbocycles. The number of hydrogen-bond donors (Lipinski definition) is 0. The minimum Gasteiger partial charge on any atom is -0.292 e. The number of allylic oxidation sites excluding steroid dienone is 2. The number of rotatable bonds is 3. The number of likely N-dealkylation sites (tertiary alicyclic amines) is 1. The van der Waals surface area contributed by atoms with Crippen LogP contribution in [0.4, 0.5) is 0 Å². The Bertz CT molecular complexity index is 594. The van der Waals surface area contributed by atoms with Crippen molar-refractivity contribution in [3.05, 3.63) is 48.0 Å². The van der Waals surface area contributed by atoms with Crippen LogP contribution in [0.5, 0.6) is 0 Å². The Morgan fingerprint density at radius 2 is 1.57 bits per heavy atom. The quantitative estimate of drug-likeness (QED) is 0.485. The molecular formula is C17H17NO3. The minimum atomic E-state index is -0.738. The number of carbonyl (C=O) groups is 3. The van der Waals surface area contributed by atoms with E-state index in [0.29, 0.717) is 18.4 Å². The Morgan fingerprint density at radius 3 is 2.10 bits per heavy atom. The van der Waals surface area contributed by atoms with E-state index in [9.17, 15) is 14.4 Å². The zero-order chi connectivity index (χ0) is 15.0. The van der Waals surface area contributed by atoms with Gasteiger partial charge in [0, 0.05) is 5.56 Å². The molecule has 21 heavy (non-hydrogen) atoms. The van der Waals surface area contributed by atoms with Crippen LogP contribution >= 0.6 is 0 Å². The van der Waals surface area contributed by atoms with Gasteiger partial charge in [-0.1, -0.05) is 42.5 Å². The van der Waals surface area contributed by atoms with Gasteiger partial charge in [0.15, 0.2) is 5.78 Å². The van der Waals surface area contributed by atoms with E-state index in [1.54, 1.807) is 31.2 Å². The first kappa shape index (κ1) is 13.7. The Balaban J connectivity index is 1.85. The maximum absolute atomic E-state index is 12.5. The summed E-state index contributed by atoms with van der Waals surface area (Å²) in [6.07, 6.45) is 5.08. The maximum atomic E-state index is 12.5. The van der Waals surface area contributed by atoms with Crippen LogP contribution in [0.15, 0.2) is 42.5 Å². The van der Waals surface area contributed by atoms with E-state index in [-0.39, 0.29) is 29.4 Å².